The monoisotopic (exact) mass is 369 g/mol. The Morgan fingerprint density at radius 1 is 0.962 bits per heavy atom. The first-order chi connectivity index (χ1) is 12.6. The molecule has 0 spiro atoms. The second kappa shape index (κ2) is 10.9. The summed E-state index contributed by atoms with van der Waals surface area (Å²) in [7, 11) is 0. The highest BCUT2D eigenvalue weighted by molar-refractivity contribution is 5.23. The lowest BCUT2D eigenvalue weighted by Gasteiger charge is -2.40. The molecule has 1 saturated heterocycles. The van der Waals surface area contributed by atoms with Crippen molar-refractivity contribution in [1.82, 2.24) is 5.32 Å². The molecule has 2 rings (SSSR count). The second-order valence-corrected chi connectivity index (χ2v) is 6.68. The number of rotatable bonds is 10. The van der Waals surface area contributed by atoms with Crippen LogP contribution in [0.4, 0.5) is 0 Å². The van der Waals surface area contributed by atoms with Gasteiger partial charge in [0, 0.05) is 26.1 Å². The van der Waals surface area contributed by atoms with Crippen LogP contribution in [-0.4, -0.2) is 77.3 Å². The van der Waals surface area contributed by atoms with E-state index in [-0.39, 0.29) is 0 Å². The zero-order valence-electron chi connectivity index (χ0n) is 15.3. The molecule has 7 nitrogen and oxygen atoms in total. The second-order valence-electron chi connectivity index (χ2n) is 6.68. The Morgan fingerprint density at radius 3 is 2.27 bits per heavy atom. The third-order valence-electron chi connectivity index (χ3n) is 4.55. The molecule has 0 radical (unpaired) electrons. The van der Waals surface area contributed by atoms with E-state index in [0.29, 0.717) is 13.0 Å². The first-order valence-corrected chi connectivity index (χ1v) is 9.23. The SMILES string of the molecule is CCCOCCNCc1ccc(CC2OC(CO)C(O)C(O)C2O)cc1. The van der Waals surface area contributed by atoms with Gasteiger partial charge in [-0.1, -0.05) is 31.2 Å². The Hall–Kier alpha value is -1.06. The molecule has 148 valence electrons. The zero-order valence-corrected chi connectivity index (χ0v) is 15.3. The molecule has 5 atom stereocenters. The van der Waals surface area contributed by atoms with Gasteiger partial charge in [-0.3, -0.25) is 0 Å². The van der Waals surface area contributed by atoms with Crippen LogP contribution in [0, 0.1) is 0 Å². The summed E-state index contributed by atoms with van der Waals surface area (Å²) >= 11 is 0. The molecule has 5 unspecified atom stereocenters. The van der Waals surface area contributed by atoms with Gasteiger partial charge in [0.1, 0.15) is 24.4 Å². The van der Waals surface area contributed by atoms with Crippen molar-refractivity contribution in [3.05, 3.63) is 35.4 Å². The topological polar surface area (TPSA) is 111 Å². The molecule has 0 saturated carbocycles. The lowest BCUT2D eigenvalue weighted by molar-refractivity contribution is -0.228. The Labute approximate surface area is 154 Å². The predicted molar refractivity (Wildman–Crippen MR) is 96.7 cm³/mol. The first-order valence-electron chi connectivity index (χ1n) is 9.23. The van der Waals surface area contributed by atoms with Gasteiger partial charge in [0.05, 0.1) is 19.3 Å². The van der Waals surface area contributed by atoms with Crippen LogP contribution in [0.1, 0.15) is 24.5 Å². The average molecular weight is 369 g/mol. The molecule has 1 aromatic carbocycles. The van der Waals surface area contributed by atoms with Crippen molar-refractivity contribution in [3.63, 3.8) is 0 Å². The van der Waals surface area contributed by atoms with Gasteiger partial charge < -0.3 is 35.2 Å². The Bertz CT molecular complexity index is 509. The van der Waals surface area contributed by atoms with Gasteiger partial charge in [-0.2, -0.15) is 0 Å². The molecular formula is C19H31NO6. The van der Waals surface area contributed by atoms with Crippen molar-refractivity contribution in [2.45, 2.75) is 56.8 Å². The summed E-state index contributed by atoms with van der Waals surface area (Å²) in [6.07, 6.45) is -3.97. The Kier molecular flexibility index (Phi) is 8.94. The maximum Gasteiger partial charge on any atom is 0.111 e. The lowest BCUT2D eigenvalue weighted by atomic mass is 9.91. The molecule has 0 aromatic heterocycles. The van der Waals surface area contributed by atoms with Gasteiger partial charge in [0.2, 0.25) is 0 Å². The van der Waals surface area contributed by atoms with E-state index in [1.165, 1.54) is 0 Å². The number of benzene rings is 1. The maximum atomic E-state index is 10.1. The fraction of sp³-hybridized carbons (Fsp3) is 0.684. The summed E-state index contributed by atoms with van der Waals surface area (Å²) in [5.74, 6) is 0. The molecule has 7 heteroatoms. The maximum absolute atomic E-state index is 10.1. The summed E-state index contributed by atoms with van der Waals surface area (Å²) in [5, 5.41) is 42.3. The van der Waals surface area contributed by atoms with Crippen molar-refractivity contribution in [2.75, 3.05) is 26.4 Å². The average Bonchev–Trinajstić information content (AvgIpc) is 2.66. The van der Waals surface area contributed by atoms with E-state index in [0.717, 1.165) is 37.2 Å². The molecule has 1 heterocycles. The van der Waals surface area contributed by atoms with Gasteiger partial charge in [-0.05, 0) is 17.5 Å². The number of hydrogen-bond donors (Lipinski definition) is 5. The Morgan fingerprint density at radius 2 is 1.62 bits per heavy atom. The third-order valence-corrected chi connectivity index (χ3v) is 4.55. The highest BCUT2D eigenvalue weighted by Crippen LogP contribution is 2.24. The number of hydrogen-bond acceptors (Lipinski definition) is 7. The van der Waals surface area contributed by atoms with Crippen LogP contribution >= 0.6 is 0 Å². The molecule has 1 aromatic rings. The minimum absolute atomic E-state index is 0.389. The van der Waals surface area contributed by atoms with E-state index in [1.54, 1.807) is 0 Å². The normalized spacial score (nSPS) is 29.0. The van der Waals surface area contributed by atoms with Crippen LogP contribution in [0.15, 0.2) is 24.3 Å². The predicted octanol–water partition coefficient (Wildman–Crippen LogP) is -0.412. The van der Waals surface area contributed by atoms with Crippen molar-refractivity contribution in [1.29, 1.82) is 0 Å². The van der Waals surface area contributed by atoms with E-state index in [2.05, 4.69) is 12.2 Å². The van der Waals surface area contributed by atoms with E-state index in [1.807, 2.05) is 24.3 Å². The minimum atomic E-state index is -1.33. The summed E-state index contributed by atoms with van der Waals surface area (Å²) in [4.78, 5) is 0. The third kappa shape index (κ3) is 5.99. The largest absolute Gasteiger partial charge is 0.394 e. The van der Waals surface area contributed by atoms with E-state index in [9.17, 15) is 20.4 Å². The summed E-state index contributed by atoms with van der Waals surface area (Å²) < 4.78 is 11.0. The highest BCUT2D eigenvalue weighted by Gasteiger charge is 2.43. The van der Waals surface area contributed by atoms with Crippen molar-refractivity contribution in [3.8, 4) is 0 Å². The minimum Gasteiger partial charge on any atom is -0.394 e. The van der Waals surface area contributed by atoms with Crippen LogP contribution in [0.2, 0.25) is 0 Å². The van der Waals surface area contributed by atoms with Crippen LogP contribution in [0.3, 0.4) is 0 Å². The number of aliphatic hydroxyl groups is 4. The van der Waals surface area contributed by atoms with Crippen molar-refractivity contribution < 1.29 is 29.9 Å². The van der Waals surface area contributed by atoms with E-state index >= 15 is 0 Å². The van der Waals surface area contributed by atoms with Crippen LogP contribution < -0.4 is 5.32 Å². The van der Waals surface area contributed by atoms with Crippen molar-refractivity contribution in [2.24, 2.45) is 0 Å². The van der Waals surface area contributed by atoms with E-state index in [4.69, 9.17) is 9.47 Å². The quantitative estimate of drug-likeness (QED) is 0.357. The summed E-state index contributed by atoms with van der Waals surface area (Å²) in [5.41, 5.74) is 2.09. The van der Waals surface area contributed by atoms with Crippen LogP contribution in [0.5, 0.6) is 0 Å². The van der Waals surface area contributed by atoms with Crippen LogP contribution in [0.25, 0.3) is 0 Å². The molecule has 1 aliphatic heterocycles. The summed E-state index contributed by atoms with van der Waals surface area (Å²) in [6, 6.07) is 7.90. The van der Waals surface area contributed by atoms with E-state index < -0.39 is 37.1 Å². The molecule has 0 bridgehead atoms. The van der Waals surface area contributed by atoms with Gasteiger partial charge in [0.15, 0.2) is 0 Å². The standard InChI is InChI=1S/C19H31NO6/c1-2-8-25-9-7-20-11-14-5-3-13(4-6-14)10-15-17(22)19(24)18(23)16(12-21)26-15/h3-6,15-24H,2,7-12H2,1H3. The van der Waals surface area contributed by atoms with Crippen molar-refractivity contribution >= 4 is 0 Å². The molecule has 0 amide bonds. The number of ether oxygens (including phenoxy) is 2. The zero-order chi connectivity index (χ0) is 18.9. The first kappa shape index (κ1) is 21.2. The molecule has 5 N–H and O–H groups in total. The highest BCUT2D eigenvalue weighted by atomic mass is 16.5. The van der Waals surface area contributed by atoms with Gasteiger partial charge in [0.25, 0.3) is 0 Å². The Balaban J connectivity index is 1.81. The molecule has 1 aliphatic rings. The number of nitrogens with one attached hydrogen (secondary N) is 1. The molecular weight excluding hydrogens is 338 g/mol. The molecule has 0 aliphatic carbocycles. The fourth-order valence-electron chi connectivity index (χ4n) is 3.00. The van der Waals surface area contributed by atoms with Gasteiger partial charge in [-0.25, -0.2) is 0 Å². The summed E-state index contributed by atoms with van der Waals surface area (Å²) in [6.45, 7) is 4.70. The van der Waals surface area contributed by atoms with Gasteiger partial charge >= 0.3 is 0 Å². The fourth-order valence-corrected chi connectivity index (χ4v) is 3.00. The molecule has 26 heavy (non-hydrogen) atoms. The van der Waals surface area contributed by atoms with Gasteiger partial charge in [-0.15, -0.1) is 0 Å². The molecule has 1 fully saturated rings. The lowest BCUT2D eigenvalue weighted by Crippen LogP contribution is -2.58. The number of aliphatic hydroxyl groups excluding tert-OH is 4. The smallest absolute Gasteiger partial charge is 0.111 e. The van der Waals surface area contributed by atoms with Crippen LogP contribution in [-0.2, 0) is 22.4 Å².